The molecule has 1 aliphatic carbocycles. The van der Waals surface area contributed by atoms with Gasteiger partial charge in [0.05, 0.1) is 18.3 Å². The second kappa shape index (κ2) is 6.56. The monoisotopic (exact) mass is 364 g/mol. The molecule has 5 rings (SSSR count). The normalized spacial score (nSPS) is 20.2. The van der Waals surface area contributed by atoms with Crippen molar-refractivity contribution in [1.29, 1.82) is 0 Å². The van der Waals surface area contributed by atoms with Crippen molar-refractivity contribution in [3.63, 3.8) is 0 Å². The van der Waals surface area contributed by atoms with Gasteiger partial charge in [-0.05, 0) is 31.9 Å². The number of hydrogen-bond donors (Lipinski definition) is 1. The van der Waals surface area contributed by atoms with Gasteiger partial charge in [0, 0.05) is 30.9 Å². The Bertz CT molecular complexity index is 998. The van der Waals surface area contributed by atoms with E-state index in [0.717, 1.165) is 43.1 Å². The number of aromatic nitrogens is 5. The minimum atomic E-state index is -0.0899. The number of nitrogens with zero attached hydrogens (tertiary/aromatic N) is 5. The predicted molar refractivity (Wildman–Crippen MR) is 103 cm³/mol. The number of likely N-dealkylation sites (tertiary alicyclic amines) is 1. The highest BCUT2D eigenvalue weighted by atomic mass is 16.1. The molecule has 27 heavy (non-hydrogen) atoms. The second-order valence-electron chi connectivity index (χ2n) is 7.80. The van der Waals surface area contributed by atoms with Crippen LogP contribution in [0.15, 0.2) is 35.4 Å². The SMILES string of the molecule is C[C@H](c1nc2c(cnn2C2CCCC2)c(=O)[nH]1)N1CC(c2ccccn2)C1. The molecule has 0 bridgehead atoms. The Morgan fingerprint density at radius 1 is 1.22 bits per heavy atom. The highest BCUT2D eigenvalue weighted by Crippen LogP contribution is 2.33. The summed E-state index contributed by atoms with van der Waals surface area (Å²) in [5.41, 5.74) is 1.78. The Kier molecular flexibility index (Phi) is 4.04. The van der Waals surface area contributed by atoms with Crippen LogP contribution in [-0.2, 0) is 0 Å². The number of H-pyrrole nitrogens is 1. The van der Waals surface area contributed by atoms with Crippen LogP contribution in [-0.4, -0.2) is 42.7 Å². The molecule has 140 valence electrons. The molecule has 7 nitrogen and oxygen atoms in total. The van der Waals surface area contributed by atoms with E-state index in [2.05, 4.69) is 33.0 Å². The van der Waals surface area contributed by atoms with Gasteiger partial charge in [-0.3, -0.25) is 14.7 Å². The number of nitrogens with one attached hydrogen (secondary N) is 1. The molecular formula is C20H24N6O. The van der Waals surface area contributed by atoms with Gasteiger partial charge < -0.3 is 4.98 Å². The number of fused-ring (bicyclic) bond motifs is 1. The maximum atomic E-state index is 12.6. The van der Waals surface area contributed by atoms with Crippen molar-refractivity contribution >= 4 is 11.0 Å². The summed E-state index contributed by atoms with van der Waals surface area (Å²) in [5.74, 6) is 1.18. The van der Waals surface area contributed by atoms with E-state index in [9.17, 15) is 4.79 Å². The molecule has 0 spiro atoms. The minimum absolute atomic E-state index is 0.0639. The van der Waals surface area contributed by atoms with Crippen molar-refractivity contribution < 1.29 is 0 Å². The minimum Gasteiger partial charge on any atom is -0.309 e. The quantitative estimate of drug-likeness (QED) is 0.770. The molecule has 2 aliphatic rings. The Labute approximate surface area is 157 Å². The third-order valence-electron chi connectivity index (χ3n) is 6.11. The summed E-state index contributed by atoms with van der Waals surface area (Å²) in [4.78, 5) is 27.2. The third-order valence-corrected chi connectivity index (χ3v) is 6.11. The lowest BCUT2D eigenvalue weighted by Crippen LogP contribution is -2.47. The first-order valence-electron chi connectivity index (χ1n) is 9.83. The van der Waals surface area contributed by atoms with Crippen LogP contribution in [0.5, 0.6) is 0 Å². The van der Waals surface area contributed by atoms with Gasteiger partial charge in [-0.2, -0.15) is 5.10 Å². The summed E-state index contributed by atoms with van der Waals surface area (Å²) >= 11 is 0. The standard InChI is InChI=1S/C20H24N6O/c1-13(25-11-14(12-25)17-8-4-5-9-21-17)18-23-19-16(20(27)24-18)10-22-26(19)15-6-2-3-7-15/h4-5,8-10,13-15H,2-3,6-7,11-12H2,1H3,(H,23,24,27)/t13-/m1/s1. The molecule has 0 radical (unpaired) electrons. The van der Waals surface area contributed by atoms with Crippen molar-refractivity contribution in [2.24, 2.45) is 0 Å². The van der Waals surface area contributed by atoms with E-state index in [0.29, 0.717) is 17.3 Å². The molecule has 1 aliphatic heterocycles. The molecule has 3 aromatic heterocycles. The Morgan fingerprint density at radius 3 is 2.78 bits per heavy atom. The molecular weight excluding hydrogens is 340 g/mol. The summed E-state index contributed by atoms with van der Waals surface area (Å²) in [6.07, 6.45) is 8.19. The van der Waals surface area contributed by atoms with Crippen molar-refractivity contribution in [2.45, 2.75) is 50.6 Å². The number of hydrogen-bond acceptors (Lipinski definition) is 5. The van der Waals surface area contributed by atoms with E-state index in [1.807, 2.05) is 23.0 Å². The Balaban J connectivity index is 1.40. The van der Waals surface area contributed by atoms with E-state index < -0.39 is 0 Å². The molecule has 1 N–H and O–H groups in total. The maximum Gasteiger partial charge on any atom is 0.262 e. The van der Waals surface area contributed by atoms with E-state index in [1.54, 1.807) is 6.20 Å². The first-order chi connectivity index (χ1) is 13.2. The van der Waals surface area contributed by atoms with Gasteiger partial charge in [-0.15, -0.1) is 0 Å². The van der Waals surface area contributed by atoms with E-state index in [1.165, 1.54) is 12.8 Å². The summed E-state index contributed by atoms with van der Waals surface area (Å²) in [7, 11) is 0. The molecule has 7 heteroatoms. The number of rotatable bonds is 4. The Hall–Kier alpha value is -2.54. The lowest BCUT2D eigenvalue weighted by Gasteiger charge is -2.42. The van der Waals surface area contributed by atoms with Crippen LogP contribution in [0.2, 0.25) is 0 Å². The van der Waals surface area contributed by atoms with Crippen molar-refractivity contribution in [3.8, 4) is 0 Å². The summed E-state index contributed by atoms with van der Waals surface area (Å²) in [6.45, 7) is 3.97. The first kappa shape index (κ1) is 16.6. The topological polar surface area (TPSA) is 79.7 Å². The average molecular weight is 364 g/mol. The molecule has 1 saturated heterocycles. The lowest BCUT2D eigenvalue weighted by molar-refractivity contribution is 0.0940. The molecule has 3 aromatic rings. The fourth-order valence-corrected chi connectivity index (χ4v) is 4.37. The molecule has 1 saturated carbocycles. The number of aromatic amines is 1. The largest absolute Gasteiger partial charge is 0.309 e. The smallest absolute Gasteiger partial charge is 0.262 e. The van der Waals surface area contributed by atoms with E-state index >= 15 is 0 Å². The zero-order valence-corrected chi connectivity index (χ0v) is 15.5. The molecule has 0 unspecified atom stereocenters. The zero-order chi connectivity index (χ0) is 18.4. The van der Waals surface area contributed by atoms with Crippen molar-refractivity contribution in [1.82, 2.24) is 29.6 Å². The van der Waals surface area contributed by atoms with Gasteiger partial charge in [0.1, 0.15) is 11.2 Å². The van der Waals surface area contributed by atoms with Crippen LogP contribution >= 0.6 is 0 Å². The first-order valence-corrected chi connectivity index (χ1v) is 9.83. The van der Waals surface area contributed by atoms with Gasteiger partial charge in [0.25, 0.3) is 5.56 Å². The highest BCUT2D eigenvalue weighted by molar-refractivity contribution is 5.73. The van der Waals surface area contributed by atoms with Crippen LogP contribution in [0.1, 0.15) is 62.1 Å². The summed E-state index contributed by atoms with van der Waals surface area (Å²) in [6, 6.07) is 6.50. The van der Waals surface area contributed by atoms with Crippen LogP contribution in [0.4, 0.5) is 0 Å². The van der Waals surface area contributed by atoms with Gasteiger partial charge >= 0.3 is 0 Å². The van der Waals surface area contributed by atoms with Crippen molar-refractivity contribution in [3.05, 3.63) is 52.5 Å². The Morgan fingerprint density at radius 2 is 2.04 bits per heavy atom. The van der Waals surface area contributed by atoms with E-state index in [-0.39, 0.29) is 11.6 Å². The maximum absolute atomic E-state index is 12.6. The van der Waals surface area contributed by atoms with Gasteiger partial charge in [0.15, 0.2) is 5.65 Å². The summed E-state index contributed by atoms with van der Waals surface area (Å²) < 4.78 is 1.97. The third kappa shape index (κ3) is 2.86. The molecule has 1 atom stereocenters. The van der Waals surface area contributed by atoms with Crippen LogP contribution in [0.3, 0.4) is 0 Å². The van der Waals surface area contributed by atoms with Crippen LogP contribution in [0, 0.1) is 0 Å². The van der Waals surface area contributed by atoms with E-state index in [4.69, 9.17) is 4.98 Å². The molecule has 0 aromatic carbocycles. The summed E-state index contributed by atoms with van der Waals surface area (Å²) in [5, 5.41) is 5.07. The highest BCUT2D eigenvalue weighted by Gasteiger charge is 2.34. The van der Waals surface area contributed by atoms with Gasteiger partial charge in [-0.25, -0.2) is 9.67 Å². The van der Waals surface area contributed by atoms with Crippen LogP contribution in [0.25, 0.3) is 11.0 Å². The zero-order valence-electron chi connectivity index (χ0n) is 15.5. The van der Waals surface area contributed by atoms with Gasteiger partial charge in [-0.1, -0.05) is 18.9 Å². The predicted octanol–water partition coefficient (Wildman–Crippen LogP) is 2.79. The second-order valence-corrected chi connectivity index (χ2v) is 7.80. The molecule has 4 heterocycles. The lowest BCUT2D eigenvalue weighted by atomic mass is 9.94. The fourth-order valence-electron chi connectivity index (χ4n) is 4.37. The average Bonchev–Trinajstić information content (AvgIpc) is 3.30. The molecule has 0 amide bonds. The fraction of sp³-hybridized carbons (Fsp3) is 0.500. The van der Waals surface area contributed by atoms with Gasteiger partial charge in [0.2, 0.25) is 0 Å². The number of pyridine rings is 1. The van der Waals surface area contributed by atoms with Crippen molar-refractivity contribution in [2.75, 3.05) is 13.1 Å². The molecule has 2 fully saturated rings. The van der Waals surface area contributed by atoms with Crippen LogP contribution < -0.4 is 5.56 Å².